The number of aryl methyl sites for hydroxylation is 2. The number of nitrogens with zero attached hydrogens (tertiary/aromatic N) is 3. The summed E-state index contributed by atoms with van der Waals surface area (Å²) in [4.78, 5) is 33.5. The smallest absolute Gasteiger partial charge is 0.261 e. The second-order valence-corrected chi connectivity index (χ2v) is 7.87. The standard InChI is InChI=1S/C23H19BrN4O3/c1-15-4-2-7-19-22(15)26-14-28(23(19)30)11-10-20(29)27-17-8-9-21(25-13-17)31-18-6-3-5-16(24)12-18/h2-9,12-14H,10-11H2,1H3,(H,27,29). The number of nitrogens with one attached hydrogen (secondary N) is 1. The summed E-state index contributed by atoms with van der Waals surface area (Å²) in [6, 6.07) is 16.3. The summed E-state index contributed by atoms with van der Waals surface area (Å²) < 4.78 is 8.04. The van der Waals surface area contributed by atoms with Gasteiger partial charge in [-0.05, 0) is 42.8 Å². The molecule has 7 nitrogen and oxygen atoms in total. The minimum absolute atomic E-state index is 0.134. The first-order valence-electron chi connectivity index (χ1n) is 9.64. The SMILES string of the molecule is Cc1cccc2c(=O)n(CCC(=O)Nc3ccc(Oc4cccc(Br)c4)nc3)cnc12. The summed E-state index contributed by atoms with van der Waals surface area (Å²) in [5.74, 6) is 0.849. The molecule has 8 heteroatoms. The number of carbonyl (C=O) groups is 1. The molecule has 1 amide bonds. The minimum Gasteiger partial charge on any atom is -0.439 e. The van der Waals surface area contributed by atoms with Crippen LogP contribution in [0.1, 0.15) is 12.0 Å². The van der Waals surface area contributed by atoms with Crippen molar-refractivity contribution in [1.82, 2.24) is 14.5 Å². The molecule has 0 fully saturated rings. The van der Waals surface area contributed by atoms with Gasteiger partial charge in [-0.2, -0.15) is 0 Å². The normalized spacial score (nSPS) is 10.8. The fourth-order valence-electron chi connectivity index (χ4n) is 3.11. The Morgan fingerprint density at radius 3 is 2.74 bits per heavy atom. The topological polar surface area (TPSA) is 86.1 Å². The molecule has 0 aliphatic heterocycles. The molecule has 4 rings (SSSR count). The van der Waals surface area contributed by atoms with Crippen LogP contribution in [0.25, 0.3) is 10.9 Å². The van der Waals surface area contributed by atoms with E-state index < -0.39 is 0 Å². The lowest BCUT2D eigenvalue weighted by molar-refractivity contribution is -0.116. The van der Waals surface area contributed by atoms with Crippen LogP contribution < -0.4 is 15.6 Å². The van der Waals surface area contributed by atoms with Gasteiger partial charge in [-0.15, -0.1) is 0 Å². The fraction of sp³-hybridized carbons (Fsp3) is 0.130. The highest BCUT2D eigenvalue weighted by atomic mass is 79.9. The van der Waals surface area contributed by atoms with Crippen molar-refractivity contribution in [2.45, 2.75) is 19.9 Å². The molecule has 0 saturated heterocycles. The molecular weight excluding hydrogens is 460 g/mol. The molecule has 0 aliphatic rings. The Morgan fingerprint density at radius 2 is 1.97 bits per heavy atom. The zero-order valence-electron chi connectivity index (χ0n) is 16.7. The summed E-state index contributed by atoms with van der Waals surface area (Å²) in [5, 5.41) is 3.33. The third-order valence-corrected chi connectivity index (χ3v) is 5.17. The molecule has 0 saturated carbocycles. The van der Waals surface area contributed by atoms with Gasteiger partial charge in [0.15, 0.2) is 0 Å². The lowest BCUT2D eigenvalue weighted by atomic mass is 10.1. The van der Waals surface area contributed by atoms with Crippen LogP contribution in [-0.4, -0.2) is 20.4 Å². The Labute approximate surface area is 186 Å². The number of hydrogen-bond donors (Lipinski definition) is 1. The molecule has 2 aromatic heterocycles. The Kier molecular flexibility index (Phi) is 6.08. The molecular formula is C23H19BrN4O3. The molecule has 31 heavy (non-hydrogen) atoms. The molecule has 0 bridgehead atoms. The van der Waals surface area contributed by atoms with Crippen LogP contribution in [0.3, 0.4) is 0 Å². The highest BCUT2D eigenvalue weighted by Crippen LogP contribution is 2.23. The van der Waals surface area contributed by atoms with Crippen LogP contribution in [0, 0.1) is 6.92 Å². The third kappa shape index (κ3) is 4.97. The van der Waals surface area contributed by atoms with Gasteiger partial charge in [0, 0.05) is 23.5 Å². The van der Waals surface area contributed by atoms with E-state index in [2.05, 4.69) is 31.2 Å². The number of rotatable bonds is 6. The quantitative estimate of drug-likeness (QED) is 0.434. The number of carbonyl (C=O) groups excluding carboxylic acids is 1. The van der Waals surface area contributed by atoms with E-state index in [1.54, 1.807) is 18.2 Å². The summed E-state index contributed by atoms with van der Waals surface area (Å²) in [6.45, 7) is 2.15. The average molecular weight is 479 g/mol. The van der Waals surface area contributed by atoms with E-state index in [0.717, 1.165) is 10.0 Å². The van der Waals surface area contributed by atoms with Gasteiger partial charge >= 0.3 is 0 Å². The second-order valence-electron chi connectivity index (χ2n) is 6.96. The van der Waals surface area contributed by atoms with Gasteiger partial charge in [0.25, 0.3) is 5.56 Å². The molecule has 2 aromatic carbocycles. The van der Waals surface area contributed by atoms with Crippen LogP contribution in [0.15, 0.2) is 76.4 Å². The fourth-order valence-corrected chi connectivity index (χ4v) is 3.49. The predicted molar refractivity (Wildman–Crippen MR) is 122 cm³/mol. The van der Waals surface area contributed by atoms with Crippen molar-refractivity contribution in [3.8, 4) is 11.6 Å². The number of amides is 1. The molecule has 0 aliphatic carbocycles. The van der Waals surface area contributed by atoms with E-state index in [0.29, 0.717) is 28.2 Å². The molecule has 4 aromatic rings. The van der Waals surface area contributed by atoms with Crippen molar-refractivity contribution in [1.29, 1.82) is 0 Å². The van der Waals surface area contributed by atoms with Crippen molar-refractivity contribution in [3.63, 3.8) is 0 Å². The number of ether oxygens (including phenoxy) is 1. The van der Waals surface area contributed by atoms with Crippen LogP contribution in [0.2, 0.25) is 0 Å². The second kappa shape index (κ2) is 9.09. The number of aromatic nitrogens is 3. The number of fused-ring (bicyclic) bond motifs is 1. The summed E-state index contributed by atoms with van der Waals surface area (Å²) in [5.41, 5.74) is 2.02. The molecule has 0 atom stereocenters. The number of benzene rings is 2. The molecule has 156 valence electrons. The average Bonchev–Trinajstić information content (AvgIpc) is 2.75. The van der Waals surface area contributed by atoms with Gasteiger partial charge in [0.1, 0.15) is 5.75 Å². The van der Waals surface area contributed by atoms with Crippen molar-refractivity contribution < 1.29 is 9.53 Å². The lowest BCUT2D eigenvalue weighted by Crippen LogP contribution is -2.23. The van der Waals surface area contributed by atoms with Gasteiger partial charge in [0.05, 0.1) is 29.1 Å². The van der Waals surface area contributed by atoms with E-state index in [9.17, 15) is 9.59 Å². The van der Waals surface area contributed by atoms with Crippen LogP contribution in [0.4, 0.5) is 5.69 Å². The monoisotopic (exact) mass is 478 g/mol. The van der Waals surface area contributed by atoms with Gasteiger partial charge in [-0.1, -0.05) is 34.1 Å². The Hall–Kier alpha value is -3.52. The number of anilines is 1. The largest absolute Gasteiger partial charge is 0.439 e. The molecule has 0 radical (unpaired) electrons. The van der Waals surface area contributed by atoms with Crippen molar-refractivity contribution in [2.75, 3.05) is 5.32 Å². The number of hydrogen-bond acceptors (Lipinski definition) is 5. The lowest BCUT2D eigenvalue weighted by Gasteiger charge is -2.09. The Bertz CT molecular complexity index is 1300. The summed E-state index contributed by atoms with van der Waals surface area (Å²) in [7, 11) is 0. The van der Waals surface area contributed by atoms with E-state index in [4.69, 9.17) is 4.74 Å². The summed E-state index contributed by atoms with van der Waals surface area (Å²) >= 11 is 3.39. The third-order valence-electron chi connectivity index (χ3n) is 4.67. The molecule has 1 N–H and O–H groups in total. The first kappa shape index (κ1) is 20.7. The number of pyridine rings is 1. The van der Waals surface area contributed by atoms with Crippen molar-refractivity contribution in [3.05, 3.63) is 87.5 Å². The summed E-state index contributed by atoms with van der Waals surface area (Å²) in [6.07, 6.45) is 3.15. The molecule has 2 heterocycles. The van der Waals surface area contributed by atoms with Gasteiger partial charge in [-0.3, -0.25) is 14.2 Å². The Balaban J connectivity index is 1.36. The van der Waals surface area contributed by atoms with Gasteiger partial charge in [0.2, 0.25) is 11.8 Å². The van der Waals surface area contributed by atoms with E-state index in [1.165, 1.54) is 17.1 Å². The molecule has 0 unspecified atom stereocenters. The molecule has 0 spiro atoms. The number of para-hydroxylation sites is 1. The first-order valence-corrected chi connectivity index (χ1v) is 10.4. The highest BCUT2D eigenvalue weighted by molar-refractivity contribution is 9.10. The maximum Gasteiger partial charge on any atom is 0.261 e. The van der Waals surface area contributed by atoms with Crippen LogP contribution >= 0.6 is 15.9 Å². The van der Waals surface area contributed by atoms with Crippen LogP contribution in [0.5, 0.6) is 11.6 Å². The first-order chi connectivity index (χ1) is 15.0. The van der Waals surface area contributed by atoms with Crippen molar-refractivity contribution >= 4 is 38.4 Å². The Morgan fingerprint density at radius 1 is 1.13 bits per heavy atom. The van der Waals surface area contributed by atoms with E-state index in [1.807, 2.05) is 43.3 Å². The van der Waals surface area contributed by atoms with Crippen LogP contribution in [-0.2, 0) is 11.3 Å². The van der Waals surface area contributed by atoms with Crippen molar-refractivity contribution in [2.24, 2.45) is 0 Å². The zero-order valence-corrected chi connectivity index (χ0v) is 18.3. The van der Waals surface area contributed by atoms with Gasteiger partial charge < -0.3 is 10.1 Å². The number of halogens is 1. The predicted octanol–water partition coefficient (Wildman–Crippen LogP) is 4.68. The van der Waals surface area contributed by atoms with Gasteiger partial charge in [-0.25, -0.2) is 9.97 Å². The maximum absolute atomic E-state index is 12.6. The maximum atomic E-state index is 12.6. The minimum atomic E-state index is -0.223. The highest BCUT2D eigenvalue weighted by Gasteiger charge is 2.09. The van der Waals surface area contributed by atoms with E-state index >= 15 is 0 Å². The van der Waals surface area contributed by atoms with E-state index in [-0.39, 0.29) is 24.4 Å². The zero-order chi connectivity index (χ0) is 21.8.